The molecule has 2 amide bonds. The average molecular weight is 571 g/mol. The Morgan fingerprint density at radius 2 is 1.69 bits per heavy atom. The molecule has 0 bridgehead atoms. The van der Waals surface area contributed by atoms with E-state index in [4.69, 9.17) is 34.8 Å². The van der Waals surface area contributed by atoms with Crippen LogP contribution in [0.4, 0.5) is 13.2 Å². The normalized spacial score (nSPS) is 15.0. The molecule has 1 fully saturated rings. The predicted octanol–water partition coefficient (Wildman–Crippen LogP) is 6.94. The first-order valence-electron chi connectivity index (χ1n) is 9.26. The standard InChI is InChI=1S/C21H15BrCl3F3N2O2/c22-15-7-10(1-5-13(15)20(32)30-29-19(31)11-3-4-11)2-6-14(21(26,27)28)12-8-16(23)18(25)17(24)9-12/h1-2,5-9,11,14H,3-4H2,(H,29,31)(H,30,32)/b6-2+. The van der Waals surface area contributed by atoms with Crippen LogP contribution in [-0.2, 0) is 4.79 Å². The Morgan fingerprint density at radius 1 is 1.06 bits per heavy atom. The van der Waals surface area contributed by atoms with Crippen molar-refractivity contribution in [1.29, 1.82) is 0 Å². The molecule has 4 nitrogen and oxygen atoms in total. The van der Waals surface area contributed by atoms with Crippen LogP contribution < -0.4 is 10.9 Å². The highest BCUT2D eigenvalue weighted by Crippen LogP contribution is 2.41. The number of hydrogen-bond donors (Lipinski definition) is 2. The largest absolute Gasteiger partial charge is 0.399 e. The summed E-state index contributed by atoms with van der Waals surface area (Å²) in [6.45, 7) is 0. The Bertz CT molecular complexity index is 1070. The van der Waals surface area contributed by atoms with E-state index in [1.54, 1.807) is 0 Å². The fourth-order valence-electron chi connectivity index (χ4n) is 2.82. The first kappa shape index (κ1) is 24.9. The number of alkyl halides is 3. The molecule has 32 heavy (non-hydrogen) atoms. The van der Waals surface area contributed by atoms with Crippen molar-refractivity contribution < 1.29 is 22.8 Å². The molecule has 1 unspecified atom stereocenters. The summed E-state index contributed by atoms with van der Waals surface area (Å²) in [6, 6.07) is 6.65. The predicted molar refractivity (Wildman–Crippen MR) is 122 cm³/mol. The number of rotatable bonds is 5. The van der Waals surface area contributed by atoms with E-state index in [-0.39, 0.29) is 38.0 Å². The monoisotopic (exact) mass is 568 g/mol. The van der Waals surface area contributed by atoms with E-state index < -0.39 is 18.0 Å². The maximum absolute atomic E-state index is 13.7. The number of hydrazine groups is 1. The van der Waals surface area contributed by atoms with Crippen molar-refractivity contribution in [2.45, 2.75) is 24.9 Å². The molecule has 0 aliphatic heterocycles. The van der Waals surface area contributed by atoms with Gasteiger partial charge in [-0.1, -0.05) is 53.0 Å². The van der Waals surface area contributed by atoms with E-state index in [0.29, 0.717) is 10.0 Å². The zero-order valence-electron chi connectivity index (χ0n) is 16.1. The van der Waals surface area contributed by atoms with Crippen LogP contribution in [0.2, 0.25) is 15.1 Å². The number of allylic oxidation sites excluding steroid dienone is 1. The van der Waals surface area contributed by atoms with E-state index in [0.717, 1.165) is 31.1 Å². The van der Waals surface area contributed by atoms with Gasteiger partial charge in [0.25, 0.3) is 5.91 Å². The second-order valence-electron chi connectivity index (χ2n) is 7.13. The van der Waals surface area contributed by atoms with Crippen LogP contribution in [0, 0.1) is 5.92 Å². The Morgan fingerprint density at radius 3 is 2.22 bits per heavy atom. The first-order chi connectivity index (χ1) is 15.0. The lowest BCUT2D eigenvalue weighted by Crippen LogP contribution is -2.42. The number of carbonyl (C=O) groups is 2. The molecule has 0 aromatic heterocycles. The van der Waals surface area contributed by atoms with Gasteiger partial charge in [0.1, 0.15) is 0 Å². The number of nitrogens with one attached hydrogen (secondary N) is 2. The van der Waals surface area contributed by atoms with Crippen molar-refractivity contribution in [2.24, 2.45) is 5.92 Å². The van der Waals surface area contributed by atoms with Crippen molar-refractivity contribution in [3.05, 3.63) is 72.6 Å². The molecular weight excluding hydrogens is 556 g/mol. The highest BCUT2D eigenvalue weighted by molar-refractivity contribution is 9.10. The Labute approximate surface area is 205 Å². The number of halogens is 7. The molecule has 0 radical (unpaired) electrons. The summed E-state index contributed by atoms with van der Waals surface area (Å²) in [7, 11) is 0. The second kappa shape index (κ2) is 10.0. The van der Waals surface area contributed by atoms with Crippen molar-refractivity contribution >= 4 is 68.6 Å². The highest BCUT2D eigenvalue weighted by atomic mass is 79.9. The minimum atomic E-state index is -4.60. The summed E-state index contributed by atoms with van der Waals surface area (Å²) >= 11 is 20.8. The molecule has 0 saturated heterocycles. The van der Waals surface area contributed by atoms with Crippen LogP contribution in [0.25, 0.3) is 6.08 Å². The van der Waals surface area contributed by atoms with Crippen LogP contribution in [0.1, 0.15) is 40.2 Å². The Balaban J connectivity index is 1.78. The van der Waals surface area contributed by atoms with Crippen LogP contribution in [0.3, 0.4) is 0 Å². The fraction of sp³-hybridized carbons (Fsp3) is 0.238. The van der Waals surface area contributed by atoms with Crippen LogP contribution in [-0.4, -0.2) is 18.0 Å². The molecule has 1 aliphatic rings. The third kappa shape index (κ3) is 6.19. The van der Waals surface area contributed by atoms with Crippen molar-refractivity contribution in [3.63, 3.8) is 0 Å². The molecule has 1 saturated carbocycles. The lowest BCUT2D eigenvalue weighted by molar-refractivity contribution is -0.139. The summed E-state index contributed by atoms with van der Waals surface area (Å²) in [6.07, 6.45) is -0.781. The maximum atomic E-state index is 13.7. The maximum Gasteiger partial charge on any atom is 0.399 e. The lowest BCUT2D eigenvalue weighted by Gasteiger charge is -2.18. The van der Waals surface area contributed by atoms with Crippen molar-refractivity contribution in [1.82, 2.24) is 10.9 Å². The van der Waals surface area contributed by atoms with E-state index in [9.17, 15) is 22.8 Å². The van der Waals surface area contributed by atoms with Gasteiger partial charge in [-0.15, -0.1) is 0 Å². The number of amides is 2. The van der Waals surface area contributed by atoms with Crippen molar-refractivity contribution in [3.8, 4) is 0 Å². The molecule has 1 aliphatic carbocycles. The lowest BCUT2D eigenvalue weighted by atomic mass is 9.97. The average Bonchev–Trinajstić information content (AvgIpc) is 3.54. The van der Waals surface area contributed by atoms with E-state index in [2.05, 4.69) is 26.8 Å². The summed E-state index contributed by atoms with van der Waals surface area (Å²) in [5.74, 6) is -2.86. The van der Waals surface area contributed by atoms with E-state index >= 15 is 0 Å². The molecule has 170 valence electrons. The minimum absolute atomic E-state index is 0.0203. The molecule has 2 aromatic rings. The number of carbonyl (C=O) groups excluding carboxylic acids is 2. The molecule has 2 aromatic carbocycles. The van der Waals surface area contributed by atoms with Gasteiger partial charge in [0.05, 0.1) is 26.5 Å². The molecule has 1 atom stereocenters. The summed E-state index contributed by atoms with van der Waals surface area (Å²) in [5.41, 5.74) is 5.12. The highest BCUT2D eigenvalue weighted by Gasteiger charge is 2.39. The van der Waals surface area contributed by atoms with Gasteiger partial charge in [-0.2, -0.15) is 13.2 Å². The van der Waals surface area contributed by atoms with Gasteiger partial charge in [0.15, 0.2) is 0 Å². The van der Waals surface area contributed by atoms with Gasteiger partial charge in [-0.25, -0.2) is 0 Å². The SMILES string of the molecule is O=C(NNC(=O)C1CC1)c1ccc(/C=C/C(c2cc(Cl)c(Cl)c(Cl)c2)C(F)(F)F)cc1Br. The minimum Gasteiger partial charge on any atom is -0.273 e. The second-order valence-corrected chi connectivity index (χ2v) is 9.18. The quantitative estimate of drug-likeness (QED) is 0.302. The Hall–Kier alpha value is -1.74. The number of benzene rings is 2. The zero-order chi connectivity index (χ0) is 23.6. The Kier molecular flexibility index (Phi) is 7.81. The molecule has 3 rings (SSSR count). The van der Waals surface area contributed by atoms with E-state index in [1.165, 1.54) is 24.3 Å². The smallest absolute Gasteiger partial charge is 0.273 e. The van der Waals surface area contributed by atoms with Gasteiger partial charge in [-0.3, -0.25) is 20.4 Å². The van der Waals surface area contributed by atoms with Gasteiger partial charge < -0.3 is 0 Å². The number of hydrogen-bond acceptors (Lipinski definition) is 2. The zero-order valence-corrected chi connectivity index (χ0v) is 19.9. The van der Waals surface area contributed by atoms with Gasteiger partial charge in [-0.05, 0) is 64.2 Å². The third-order valence-electron chi connectivity index (χ3n) is 4.68. The van der Waals surface area contributed by atoms with Crippen LogP contribution in [0.15, 0.2) is 40.9 Å². The molecule has 0 heterocycles. The van der Waals surface area contributed by atoms with Crippen LogP contribution >= 0.6 is 50.7 Å². The topological polar surface area (TPSA) is 58.2 Å². The molecule has 2 N–H and O–H groups in total. The van der Waals surface area contributed by atoms with Crippen molar-refractivity contribution in [2.75, 3.05) is 0 Å². The van der Waals surface area contributed by atoms with E-state index in [1.807, 2.05) is 0 Å². The molecule has 0 spiro atoms. The third-order valence-corrected chi connectivity index (χ3v) is 6.54. The van der Waals surface area contributed by atoms with Gasteiger partial charge in [0.2, 0.25) is 5.91 Å². The summed E-state index contributed by atoms with van der Waals surface area (Å²) in [5, 5.41) is -0.180. The van der Waals surface area contributed by atoms with Gasteiger partial charge in [0, 0.05) is 10.4 Å². The van der Waals surface area contributed by atoms with Gasteiger partial charge >= 0.3 is 6.18 Å². The first-order valence-corrected chi connectivity index (χ1v) is 11.2. The fourth-order valence-corrected chi connectivity index (χ4v) is 4.01. The summed E-state index contributed by atoms with van der Waals surface area (Å²) < 4.78 is 41.3. The molecular formula is C21H15BrCl3F3N2O2. The van der Waals surface area contributed by atoms with Crippen LogP contribution in [0.5, 0.6) is 0 Å². The summed E-state index contributed by atoms with van der Waals surface area (Å²) in [4.78, 5) is 23.9. The molecule has 11 heteroatoms.